The van der Waals surface area contributed by atoms with Gasteiger partial charge in [-0.25, -0.2) is 4.99 Å². The molecule has 0 aromatic heterocycles. The summed E-state index contributed by atoms with van der Waals surface area (Å²) in [6.07, 6.45) is 2.34. The Hall–Kier alpha value is -2.48. The lowest BCUT2D eigenvalue weighted by Gasteiger charge is -2.23. The molecule has 2 heterocycles. The molecule has 0 saturated carbocycles. The second-order valence-corrected chi connectivity index (χ2v) is 8.89. The SMILES string of the molecule is CN1C(=O)C(NC(=S)NCCC2CCOCC2)N=C(c2ccccc2)c2cc(Cl)ccc21. The first kappa shape index (κ1) is 22.7. The maximum absolute atomic E-state index is 13.2. The molecular formula is C24H27ClN4O2S. The number of likely N-dealkylation sites (N-methyl/N-ethyl adjacent to an activating group) is 1. The molecule has 1 amide bonds. The van der Waals surface area contributed by atoms with Gasteiger partial charge in [0.2, 0.25) is 6.17 Å². The Labute approximate surface area is 199 Å². The van der Waals surface area contributed by atoms with E-state index in [1.165, 1.54) is 0 Å². The number of carbonyl (C=O) groups excluding carboxylic acids is 1. The van der Waals surface area contributed by atoms with Crippen molar-refractivity contribution in [2.75, 3.05) is 31.7 Å². The van der Waals surface area contributed by atoms with Gasteiger partial charge in [0.25, 0.3) is 5.91 Å². The number of benzene rings is 2. The van der Waals surface area contributed by atoms with Crippen LogP contribution in [-0.2, 0) is 9.53 Å². The van der Waals surface area contributed by atoms with Crippen LogP contribution in [0.2, 0.25) is 5.02 Å². The zero-order valence-electron chi connectivity index (χ0n) is 18.0. The molecule has 1 unspecified atom stereocenters. The summed E-state index contributed by atoms with van der Waals surface area (Å²) in [7, 11) is 1.74. The number of hydrogen-bond donors (Lipinski definition) is 2. The van der Waals surface area contributed by atoms with Crippen LogP contribution in [0, 0.1) is 5.92 Å². The molecule has 6 nitrogen and oxygen atoms in total. The number of rotatable bonds is 5. The van der Waals surface area contributed by atoms with E-state index in [9.17, 15) is 4.79 Å². The quantitative estimate of drug-likeness (QED) is 0.651. The van der Waals surface area contributed by atoms with Crippen molar-refractivity contribution < 1.29 is 9.53 Å². The molecule has 8 heteroatoms. The Morgan fingerprint density at radius 1 is 1.22 bits per heavy atom. The third kappa shape index (κ3) is 5.28. The van der Waals surface area contributed by atoms with E-state index < -0.39 is 6.17 Å². The lowest BCUT2D eigenvalue weighted by atomic mass is 9.97. The zero-order chi connectivity index (χ0) is 22.5. The van der Waals surface area contributed by atoms with Gasteiger partial charge in [-0.3, -0.25) is 4.79 Å². The molecule has 4 rings (SSSR count). The second kappa shape index (κ2) is 10.4. The highest BCUT2D eigenvalue weighted by Crippen LogP contribution is 2.29. The highest BCUT2D eigenvalue weighted by Gasteiger charge is 2.30. The Balaban J connectivity index is 1.54. The van der Waals surface area contributed by atoms with Crippen LogP contribution in [0.25, 0.3) is 0 Å². The fourth-order valence-corrected chi connectivity index (χ4v) is 4.45. The molecule has 2 aromatic carbocycles. The molecule has 1 fully saturated rings. The molecule has 1 saturated heterocycles. The molecule has 0 radical (unpaired) electrons. The van der Waals surface area contributed by atoms with Crippen molar-refractivity contribution in [3.05, 3.63) is 64.7 Å². The molecule has 1 atom stereocenters. The van der Waals surface area contributed by atoms with Gasteiger partial charge in [-0.1, -0.05) is 41.9 Å². The number of nitrogens with one attached hydrogen (secondary N) is 2. The van der Waals surface area contributed by atoms with Gasteiger partial charge < -0.3 is 20.3 Å². The Morgan fingerprint density at radius 2 is 1.97 bits per heavy atom. The number of thiocarbonyl (C=S) groups is 1. The Kier molecular flexibility index (Phi) is 7.40. The van der Waals surface area contributed by atoms with Crippen LogP contribution < -0.4 is 15.5 Å². The average molecular weight is 471 g/mol. The average Bonchev–Trinajstić information content (AvgIpc) is 2.91. The summed E-state index contributed by atoms with van der Waals surface area (Å²) >= 11 is 11.8. The Bertz CT molecular complexity index is 1010. The standard InChI is InChI=1S/C24H27ClN4O2S/c1-29-20-8-7-18(25)15-19(20)21(17-5-3-2-4-6-17)27-22(23(29)30)28-24(32)26-12-9-16-10-13-31-14-11-16/h2-8,15-16,22H,9-14H2,1H3,(H2,26,28,32). The molecule has 2 aliphatic rings. The highest BCUT2D eigenvalue weighted by atomic mass is 35.5. The molecule has 2 aliphatic heterocycles. The maximum atomic E-state index is 13.2. The maximum Gasteiger partial charge on any atom is 0.272 e. The van der Waals surface area contributed by atoms with Gasteiger partial charge >= 0.3 is 0 Å². The number of fused-ring (bicyclic) bond motifs is 1. The minimum Gasteiger partial charge on any atom is -0.381 e. The summed E-state index contributed by atoms with van der Waals surface area (Å²) in [4.78, 5) is 19.7. The number of aliphatic imine (C=N–C) groups is 1. The minimum atomic E-state index is -0.843. The van der Waals surface area contributed by atoms with Gasteiger partial charge in [0.15, 0.2) is 5.11 Å². The number of ether oxygens (including phenoxy) is 1. The molecule has 2 N–H and O–H groups in total. The van der Waals surface area contributed by atoms with Crippen LogP contribution in [0.4, 0.5) is 5.69 Å². The molecule has 0 spiro atoms. The van der Waals surface area contributed by atoms with Crippen LogP contribution >= 0.6 is 23.8 Å². The highest BCUT2D eigenvalue weighted by molar-refractivity contribution is 7.80. The van der Waals surface area contributed by atoms with Crippen LogP contribution in [0.3, 0.4) is 0 Å². The van der Waals surface area contributed by atoms with E-state index in [1.54, 1.807) is 18.0 Å². The first-order valence-electron chi connectivity index (χ1n) is 10.9. The van der Waals surface area contributed by atoms with Crippen molar-refractivity contribution in [1.29, 1.82) is 0 Å². The fraction of sp³-hybridized carbons (Fsp3) is 0.375. The largest absolute Gasteiger partial charge is 0.381 e. The monoisotopic (exact) mass is 470 g/mol. The Morgan fingerprint density at radius 3 is 2.72 bits per heavy atom. The molecule has 0 aliphatic carbocycles. The smallest absolute Gasteiger partial charge is 0.272 e. The number of halogens is 1. The third-order valence-electron chi connectivity index (χ3n) is 5.89. The first-order chi connectivity index (χ1) is 15.5. The van der Waals surface area contributed by atoms with E-state index in [0.717, 1.165) is 55.8 Å². The van der Waals surface area contributed by atoms with Gasteiger partial charge in [0, 0.05) is 43.0 Å². The summed E-state index contributed by atoms with van der Waals surface area (Å²) < 4.78 is 5.42. The molecule has 2 aromatic rings. The number of hydrogen-bond acceptors (Lipinski definition) is 4. The summed E-state index contributed by atoms with van der Waals surface area (Å²) in [5.74, 6) is 0.458. The molecular weight excluding hydrogens is 444 g/mol. The zero-order valence-corrected chi connectivity index (χ0v) is 19.6. The molecule has 0 bridgehead atoms. The van der Waals surface area contributed by atoms with Crippen molar-refractivity contribution in [1.82, 2.24) is 10.6 Å². The van der Waals surface area contributed by atoms with Crippen molar-refractivity contribution >= 4 is 46.2 Å². The third-order valence-corrected chi connectivity index (χ3v) is 6.39. The predicted octanol–water partition coefficient (Wildman–Crippen LogP) is 3.76. The molecule has 168 valence electrons. The van der Waals surface area contributed by atoms with E-state index in [4.69, 9.17) is 33.5 Å². The first-order valence-corrected chi connectivity index (χ1v) is 11.6. The predicted molar refractivity (Wildman–Crippen MR) is 133 cm³/mol. The minimum absolute atomic E-state index is 0.187. The van der Waals surface area contributed by atoms with Crippen LogP contribution in [-0.4, -0.2) is 49.7 Å². The van der Waals surface area contributed by atoms with Crippen molar-refractivity contribution in [3.63, 3.8) is 0 Å². The number of nitrogens with zero attached hydrogens (tertiary/aromatic N) is 2. The van der Waals surface area contributed by atoms with Gasteiger partial charge in [-0.05, 0) is 55.6 Å². The van der Waals surface area contributed by atoms with Crippen LogP contribution in [0.15, 0.2) is 53.5 Å². The van der Waals surface area contributed by atoms with E-state index in [-0.39, 0.29) is 5.91 Å². The van der Waals surface area contributed by atoms with Gasteiger partial charge in [0.1, 0.15) is 0 Å². The summed E-state index contributed by atoms with van der Waals surface area (Å²) in [5, 5.41) is 7.35. The normalized spacial score (nSPS) is 19.1. The summed E-state index contributed by atoms with van der Waals surface area (Å²) in [6.45, 7) is 2.41. The van der Waals surface area contributed by atoms with E-state index in [0.29, 0.717) is 21.8 Å². The molecule has 32 heavy (non-hydrogen) atoms. The van der Waals surface area contributed by atoms with Gasteiger partial charge in [0.05, 0.1) is 11.4 Å². The number of benzodiazepines with no additional fused rings is 1. The van der Waals surface area contributed by atoms with E-state index in [2.05, 4.69) is 10.6 Å². The lowest BCUT2D eigenvalue weighted by molar-refractivity contribution is -0.119. The van der Waals surface area contributed by atoms with Gasteiger partial charge in [-0.2, -0.15) is 0 Å². The number of amides is 1. The number of carbonyl (C=O) groups is 1. The fourth-order valence-electron chi connectivity index (χ4n) is 4.07. The van der Waals surface area contributed by atoms with Crippen LogP contribution in [0.5, 0.6) is 0 Å². The van der Waals surface area contributed by atoms with Gasteiger partial charge in [-0.15, -0.1) is 0 Å². The summed E-state index contributed by atoms with van der Waals surface area (Å²) in [6, 6.07) is 15.3. The number of anilines is 1. The summed E-state index contributed by atoms with van der Waals surface area (Å²) in [5.41, 5.74) is 3.17. The van der Waals surface area contributed by atoms with Crippen molar-refractivity contribution in [3.8, 4) is 0 Å². The van der Waals surface area contributed by atoms with E-state index in [1.807, 2.05) is 42.5 Å². The second-order valence-electron chi connectivity index (χ2n) is 8.05. The topological polar surface area (TPSA) is 66.0 Å². The van der Waals surface area contributed by atoms with Crippen LogP contribution in [0.1, 0.15) is 30.4 Å². The van der Waals surface area contributed by atoms with E-state index >= 15 is 0 Å². The van der Waals surface area contributed by atoms with Crippen molar-refractivity contribution in [2.45, 2.75) is 25.4 Å². The van der Waals surface area contributed by atoms with Crippen molar-refractivity contribution in [2.24, 2.45) is 10.9 Å². The lowest BCUT2D eigenvalue weighted by Crippen LogP contribution is -2.49.